The quantitative estimate of drug-likeness (QED) is 0.907. The van der Waals surface area contributed by atoms with E-state index >= 15 is 0 Å². The minimum absolute atomic E-state index is 0.0230. The molecule has 3 atom stereocenters. The molecule has 1 aromatic carbocycles. The van der Waals surface area contributed by atoms with Crippen LogP contribution >= 0.6 is 0 Å². The lowest BCUT2D eigenvalue weighted by molar-refractivity contribution is -0.0924. The van der Waals surface area contributed by atoms with Crippen molar-refractivity contribution in [1.82, 2.24) is 4.90 Å². The van der Waals surface area contributed by atoms with E-state index in [2.05, 4.69) is 38.7 Å². The van der Waals surface area contributed by atoms with Crippen molar-refractivity contribution in [1.29, 1.82) is 0 Å². The van der Waals surface area contributed by atoms with E-state index < -0.39 is 6.10 Å². The summed E-state index contributed by atoms with van der Waals surface area (Å²) in [6.07, 6.45) is 2.95. The maximum Gasteiger partial charge on any atom is 0.129 e. The predicted molar refractivity (Wildman–Crippen MR) is 89.2 cm³/mol. The first-order valence-electron chi connectivity index (χ1n) is 8.67. The fraction of sp³-hybridized carbons (Fsp3) is 0.684. The van der Waals surface area contributed by atoms with E-state index in [-0.39, 0.29) is 11.6 Å². The van der Waals surface area contributed by atoms with Crippen LogP contribution in [0.15, 0.2) is 18.2 Å². The first kappa shape index (κ1) is 15.8. The average Bonchev–Trinajstić information content (AvgIpc) is 2.46. The van der Waals surface area contributed by atoms with Gasteiger partial charge in [-0.2, -0.15) is 0 Å². The van der Waals surface area contributed by atoms with Gasteiger partial charge in [0.1, 0.15) is 17.5 Å². The van der Waals surface area contributed by atoms with E-state index in [1.54, 1.807) is 0 Å². The highest BCUT2D eigenvalue weighted by atomic mass is 16.5. The maximum atomic E-state index is 11.1. The number of aliphatic hydroxyl groups is 1. The number of aliphatic hydroxyl groups excluding tert-OH is 1. The number of rotatable bonds is 2. The topological polar surface area (TPSA) is 32.7 Å². The van der Waals surface area contributed by atoms with Crippen molar-refractivity contribution in [2.24, 2.45) is 5.92 Å². The van der Waals surface area contributed by atoms with Crippen molar-refractivity contribution >= 4 is 0 Å². The second-order valence-corrected chi connectivity index (χ2v) is 7.53. The van der Waals surface area contributed by atoms with Crippen molar-refractivity contribution in [3.8, 4) is 5.75 Å². The van der Waals surface area contributed by atoms with Crippen molar-refractivity contribution in [3.05, 3.63) is 29.3 Å². The zero-order chi connectivity index (χ0) is 15.9. The number of piperidine rings is 1. The Hall–Kier alpha value is -1.06. The number of aryl methyl sites for hydroxylation is 1. The Kier molecular flexibility index (Phi) is 4.21. The highest BCUT2D eigenvalue weighted by Crippen LogP contribution is 2.44. The van der Waals surface area contributed by atoms with Gasteiger partial charge in [-0.25, -0.2) is 0 Å². The largest absolute Gasteiger partial charge is 0.485 e. The molecule has 0 spiro atoms. The third-order valence-corrected chi connectivity index (χ3v) is 5.28. The Morgan fingerprint density at radius 2 is 2.14 bits per heavy atom. The van der Waals surface area contributed by atoms with Crippen LogP contribution in [-0.4, -0.2) is 34.7 Å². The van der Waals surface area contributed by atoms with Gasteiger partial charge in [-0.15, -0.1) is 0 Å². The standard InChI is InChI=1S/C19H29NO2/c1-5-14-9-6-10-15-16(21)18(19(3,4)22-17(14)15)20-11-7-8-13(2)12-20/h6,9-10,13,16,18,21H,5,7-8,11-12H2,1-4H3. The molecule has 0 radical (unpaired) electrons. The van der Waals surface area contributed by atoms with Gasteiger partial charge in [-0.3, -0.25) is 4.90 Å². The van der Waals surface area contributed by atoms with Gasteiger partial charge in [-0.05, 0) is 51.1 Å². The third-order valence-electron chi connectivity index (χ3n) is 5.28. The lowest BCUT2D eigenvalue weighted by Gasteiger charge is -2.50. The van der Waals surface area contributed by atoms with E-state index in [9.17, 15) is 5.11 Å². The first-order chi connectivity index (χ1) is 10.4. The molecular weight excluding hydrogens is 274 g/mol. The number of hydrogen-bond acceptors (Lipinski definition) is 3. The zero-order valence-electron chi connectivity index (χ0n) is 14.3. The molecule has 122 valence electrons. The smallest absolute Gasteiger partial charge is 0.129 e. The highest BCUT2D eigenvalue weighted by molar-refractivity contribution is 5.46. The summed E-state index contributed by atoms with van der Waals surface area (Å²) in [6.45, 7) is 10.8. The summed E-state index contributed by atoms with van der Waals surface area (Å²) in [5.74, 6) is 1.60. The van der Waals surface area contributed by atoms with Crippen molar-refractivity contribution < 1.29 is 9.84 Å². The molecule has 1 aromatic rings. The van der Waals surface area contributed by atoms with Gasteiger partial charge in [0.25, 0.3) is 0 Å². The van der Waals surface area contributed by atoms with E-state index in [1.807, 2.05) is 12.1 Å². The molecule has 0 saturated carbocycles. The van der Waals surface area contributed by atoms with Crippen LogP contribution in [0.2, 0.25) is 0 Å². The molecule has 0 bridgehead atoms. The van der Waals surface area contributed by atoms with Gasteiger partial charge < -0.3 is 9.84 Å². The molecule has 1 saturated heterocycles. The minimum atomic E-state index is -0.476. The van der Waals surface area contributed by atoms with Crippen LogP contribution in [-0.2, 0) is 6.42 Å². The molecule has 0 amide bonds. The molecule has 3 rings (SSSR count). The van der Waals surface area contributed by atoms with Gasteiger partial charge >= 0.3 is 0 Å². The highest BCUT2D eigenvalue weighted by Gasteiger charge is 2.47. The molecule has 2 aliphatic heterocycles. The van der Waals surface area contributed by atoms with Gasteiger partial charge in [0.2, 0.25) is 0 Å². The third kappa shape index (κ3) is 2.65. The molecule has 3 heteroatoms. The summed E-state index contributed by atoms with van der Waals surface area (Å²) in [6, 6.07) is 6.19. The number of ether oxygens (including phenoxy) is 1. The normalized spacial score (nSPS) is 31.4. The molecule has 2 heterocycles. The summed E-state index contributed by atoms with van der Waals surface area (Å²) in [4.78, 5) is 2.44. The number of nitrogens with zero attached hydrogens (tertiary/aromatic N) is 1. The summed E-state index contributed by atoms with van der Waals surface area (Å²) >= 11 is 0. The second-order valence-electron chi connectivity index (χ2n) is 7.53. The molecule has 1 N–H and O–H groups in total. The van der Waals surface area contributed by atoms with Crippen molar-refractivity contribution in [2.45, 2.75) is 64.7 Å². The van der Waals surface area contributed by atoms with Gasteiger partial charge in [0.15, 0.2) is 0 Å². The second kappa shape index (κ2) is 5.86. The van der Waals surface area contributed by atoms with E-state index in [0.29, 0.717) is 5.92 Å². The first-order valence-corrected chi connectivity index (χ1v) is 8.67. The molecule has 22 heavy (non-hydrogen) atoms. The Labute approximate surface area is 134 Å². The number of fused-ring (bicyclic) bond motifs is 1. The van der Waals surface area contributed by atoms with Crippen LogP contribution < -0.4 is 4.74 Å². The number of hydrogen-bond donors (Lipinski definition) is 1. The number of likely N-dealkylation sites (tertiary alicyclic amines) is 1. The molecule has 3 unspecified atom stereocenters. The Morgan fingerprint density at radius 3 is 2.82 bits per heavy atom. The van der Waals surface area contributed by atoms with E-state index in [4.69, 9.17) is 4.74 Å². The Balaban J connectivity index is 1.98. The molecule has 2 aliphatic rings. The summed E-state index contributed by atoms with van der Waals surface area (Å²) in [7, 11) is 0. The molecule has 3 nitrogen and oxygen atoms in total. The summed E-state index contributed by atoms with van der Waals surface area (Å²) < 4.78 is 6.41. The molecule has 1 fully saturated rings. The van der Waals surface area contributed by atoms with Gasteiger partial charge in [0.05, 0.1) is 6.04 Å². The van der Waals surface area contributed by atoms with Crippen LogP contribution in [0.4, 0.5) is 0 Å². The van der Waals surface area contributed by atoms with Crippen LogP contribution in [0.25, 0.3) is 0 Å². The molecule has 0 aliphatic carbocycles. The molecule has 0 aromatic heterocycles. The van der Waals surface area contributed by atoms with Gasteiger partial charge in [-0.1, -0.05) is 32.0 Å². The predicted octanol–water partition coefficient (Wildman–Crippen LogP) is 3.55. The van der Waals surface area contributed by atoms with E-state index in [0.717, 1.165) is 30.8 Å². The average molecular weight is 303 g/mol. The van der Waals surface area contributed by atoms with Crippen molar-refractivity contribution in [3.63, 3.8) is 0 Å². The fourth-order valence-corrected chi connectivity index (χ4v) is 4.23. The zero-order valence-corrected chi connectivity index (χ0v) is 14.3. The van der Waals surface area contributed by atoms with Crippen LogP contribution in [0.1, 0.15) is 57.8 Å². The minimum Gasteiger partial charge on any atom is -0.485 e. The molecular formula is C19H29NO2. The van der Waals surface area contributed by atoms with E-state index in [1.165, 1.54) is 18.4 Å². The number of para-hydroxylation sites is 1. The lowest BCUT2D eigenvalue weighted by Crippen LogP contribution is -2.59. The summed E-state index contributed by atoms with van der Waals surface area (Å²) in [5.41, 5.74) is 1.77. The Bertz CT molecular complexity index is 540. The lowest BCUT2D eigenvalue weighted by atomic mass is 9.82. The van der Waals surface area contributed by atoms with Crippen LogP contribution in [0, 0.1) is 5.92 Å². The van der Waals surface area contributed by atoms with Crippen molar-refractivity contribution in [2.75, 3.05) is 13.1 Å². The Morgan fingerprint density at radius 1 is 1.36 bits per heavy atom. The SMILES string of the molecule is CCc1cccc2c1OC(C)(C)C(N1CCCC(C)C1)C2O. The number of benzene rings is 1. The summed E-state index contributed by atoms with van der Waals surface area (Å²) in [5, 5.41) is 11.1. The van der Waals surface area contributed by atoms with Crippen LogP contribution in [0.5, 0.6) is 5.75 Å². The monoisotopic (exact) mass is 303 g/mol. The maximum absolute atomic E-state index is 11.1. The fourth-order valence-electron chi connectivity index (χ4n) is 4.23. The van der Waals surface area contributed by atoms with Gasteiger partial charge in [0, 0.05) is 12.1 Å². The van der Waals surface area contributed by atoms with Crippen LogP contribution in [0.3, 0.4) is 0 Å².